The number of aliphatic carboxylic acids is 1. The molecule has 0 aliphatic carbocycles. The zero-order chi connectivity index (χ0) is 22.9. The molecule has 0 saturated carbocycles. The SMILES string of the molecule is COc1cccc(C(=CCSc2ccc(OCC(=O)O)c(Br)c2)c2cccc(OC)c2)c1. The van der Waals surface area contributed by atoms with Crippen molar-refractivity contribution in [3.8, 4) is 17.2 Å². The first-order valence-corrected chi connectivity index (χ1v) is 11.5. The van der Waals surface area contributed by atoms with Gasteiger partial charge in [-0.05, 0) is 75.1 Å². The van der Waals surface area contributed by atoms with Crippen LogP contribution in [0.25, 0.3) is 5.57 Å². The van der Waals surface area contributed by atoms with E-state index in [9.17, 15) is 4.79 Å². The minimum absolute atomic E-state index is 0.377. The fraction of sp³-hybridized carbons (Fsp3) is 0.160. The van der Waals surface area contributed by atoms with Gasteiger partial charge in [-0.3, -0.25) is 0 Å². The minimum atomic E-state index is -1.01. The van der Waals surface area contributed by atoms with E-state index in [4.69, 9.17) is 19.3 Å². The van der Waals surface area contributed by atoms with Crippen molar-refractivity contribution in [3.05, 3.63) is 88.4 Å². The molecule has 3 aromatic carbocycles. The number of carboxylic acid groups (broad SMARTS) is 1. The maximum absolute atomic E-state index is 10.7. The van der Waals surface area contributed by atoms with Gasteiger partial charge < -0.3 is 19.3 Å². The third-order valence-electron chi connectivity index (χ3n) is 4.55. The molecule has 0 amide bonds. The summed E-state index contributed by atoms with van der Waals surface area (Å²) < 4.78 is 16.8. The van der Waals surface area contributed by atoms with Crippen LogP contribution in [-0.4, -0.2) is 37.7 Å². The number of carbonyl (C=O) groups is 1. The van der Waals surface area contributed by atoms with Gasteiger partial charge in [-0.15, -0.1) is 11.8 Å². The molecular weight excluding hydrogens is 492 g/mol. The highest BCUT2D eigenvalue weighted by molar-refractivity contribution is 9.10. The largest absolute Gasteiger partial charge is 0.497 e. The molecule has 5 nitrogen and oxygen atoms in total. The van der Waals surface area contributed by atoms with E-state index >= 15 is 0 Å². The maximum atomic E-state index is 10.7. The summed E-state index contributed by atoms with van der Waals surface area (Å²) in [7, 11) is 3.32. The van der Waals surface area contributed by atoms with E-state index in [1.54, 1.807) is 32.0 Å². The number of halogens is 1. The summed E-state index contributed by atoms with van der Waals surface area (Å²) in [5.41, 5.74) is 3.18. The minimum Gasteiger partial charge on any atom is -0.497 e. The molecule has 0 aliphatic rings. The summed E-state index contributed by atoms with van der Waals surface area (Å²) in [6.45, 7) is -0.377. The standard InChI is InChI=1S/C25H23BrO5S/c1-29-19-7-3-5-17(13-19)22(18-6-4-8-20(14-18)30-2)11-12-32-21-9-10-24(23(26)15-21)31-16-25(27)28/h3-11,13-15H,12,16H2,1-2H3,(H,27,28). The van der Waals surface area contributed by atoms with Gasteiger partial charge in [0.1, 0.15) is 17.2 Å². The van der Waals surface area contributed by atoms with Crippen LogP contribution >= 0.6 is 27.7 Å². The molecule has 3 aromatic rings. The highest BCUT2D eigenvalue weighted by Gasteiger charge is 2.09. The topological polar surface area (TPSA) is 65.0 Å². The molecule has 3 rings (SSSR count). The molecule has 0 saturated heterocycles. The van der Waals surface area contributed by atoms with Gasteiger partial charge in [-0.25, -0.2) is 4.79 Å². The van der Waals surface area contributed by atoms with Crippen molar-refractivity contribution in [1.29, 1.82) is 0 Å². The van der Waals surface area contributed by atoms with Crippen molar-refractivity contribution in [1.82, 2.24) is 0 Å². The van der Waals surface area contributed by atoms with E-state index < -0.39 is 5.97 Å². The summed E-state index contributed by atoms with van der Waals surface area (Å²) in [6.07, 6.45) is 2.18. The van der Waals surface area contributed by atoms with Crippen LogP contribution in [0.15, 0.2) is 82.2 Å². The molecule has 0 heterocycles. The molecule has 32 heavy (non-hydrogen) atoms. The van der Waals surface area contributed by atoms with Crippen molar-refractivity contribution < 1.29 is 24.1 Å². The van der Waals surface area contributed by atoms with E-state index in [0.717, 1.165) is 38.8 Å². The first-order chi connectivity index (χ1) is 15.5. The lowest BCUT2D eigenvalue weighted by Gasteiger charge is -2.12. The van der Waals surface area contributed by atoms with Gasteiger partial charge in [0.15, 0.2) is 6.61 Å². The third-order valence-corrected chi connectivity index (χ3v) is 6.09. The lowest BCUT2D eigenvalue weighted by atomic mass is 9.97. The fourth-order valence-electron chi connectivity index (χ4n) is 3.03. The van der Waals surface area contributed by atoms with Crippen molar-refractivity contribution >= 4 is 39.2 Å². The van der Waals surface area contributed by atoms with Gasteiger partial charge in [0.05, 0.1) is 18.7 Å². The first kappa shape index (κ1) is 23.8. The molecule has 0 fully saturated rings. The van der Waals surface area contributed by atoms with E-state index in [0.29, 0.717) is 10.2 Å². The quantitative estimate of drug-likeness (QED) is 0.327. The Morgan fingerprint density at radius 1 is 0.969 bits per heavy atom. The second-order valence-corrected chi connectivity index (χ2v) is 8.62. The third kappa shape index (κ3) is 6.55. The lowest BCUT2D eigenvalue weighted by Crippen LogP contribution is -2.09. The second-order valence-electron chi connectivity index (χ2n) is 6.67. The molecule has 166 valence electrons. The van der Waals surface area contributed by atoms with Crippen LogP contribution < -0.4 is 14.2 Å². The predicted molar refractivity (Wildman–Crippen MR) is 131 cm³/mol. The number of benzene rings is 3. The summed E-state index contributed by atoms with van der Waals surface area (Å²) in [6, 6.07) is 21.5. The number of thioether (sulfide) groups is 1. The number of ether oxygens (including phenoxy) is 3. The number of hydrogen-bond acceptors (Lipinski definition) is 5. The summed E-state index contributed by atoms with van der Waals surface area (Å²) >= 11 is 5.11. The molecular formula is C25H23BrO5S. The number of hydrogen-bond donors (Lipinski definition) is 1. The molecule has 0 aliphatic heterocycles. The van der Waals surface area contributed by atoms with Crippen molar-refractivity contribution in [2.24, 2.45) is 0 Å². The van der Waals surface area contributed by atoms with Crippen LogP contribution in [0.1, 0.15) is 11.1 Å². The molecule has 0 spiro atoms. The Bertz CT molecular complexity index is 1060. The zero-order valence-electron chi connectivity index (χ0n) is 17.7. The second kappa shape index (κ2) is 11.6. The van der Waals surface area contributed by atoms with Gasteiger partial charge in [0.25, 0.3) is 0 Å². The van der Waals surface area contributed by atoms with Crippen molar-refractivity contribution in [3.63, 3.8) is 0 Å². The summed E-state index contributed by atoms with van der Waals surface area (Å²) in [4.78, 5) is 11.7. The molecule has 0 bridgehead atoms. The van der Waals surface area contributed by atoms with E-state index in [1.807, 2.05) is 48.5 Å². The molecule has 1 N–H and O–H groups in total. The van der Waals surface area contributed by atoms with Crippen LogP contribution in [0, 0.1) is 0 Å². The Balaban J connectivity index is 1.83. The Labute approximate surface area is 200 Å². The molecule has 0 aromatic heterocycles. The number of methoxy groups -OCH3 is 2. The average Bonchev–Trinajstić information content (AvgIpc) is 2.81. The van der Waals surface area contributed by atoms with E-state index in [1.165, 1.54) is 0 Å². The summed E-state index contributed by atoms with van der Waals surface area (Å²) in [5.74, 6) is 1.81. The number of rotatable bonds is 10. The summed E-state index contributed by atoms with van der Waals surface area (Å²) in [5, 5.41) is 8.78. The van der Waals surface area contributed by atoms with Crippen LogP contribution in [0.5, 0.6) is 17.2 Å². The number of carboxylic acids is 1. The van der Waals surface area contributed by atoms with Gasteiger partial charge >= 0.3 is 5.97 Å². The van der Waals surface area contributed by atoms with Crippen LogP contribution in [0.4, 0.5) is 0 Å². The van der Waals surface area contributed by atoms with Gasteiger partial charge in [-0.2, -0.15) is 0 Å². The average molecular weight is 515 g/mol. The predicted octanol–water partition coefficient (Wildman–Crippen LogP) is 6.15. The highest BCUT2D eigenvalue weighted by atomic mass is 79.9. The first-order valence-electron chi connectivity index (χ1n) is 9.76. The molecule has 0 unspecified atom stereocenters. The zero-order valence-corrected chi connectivity index (χ0v) is 20.1. The molecule has 0 radical (unpaired) electrons. The van der Waals surface area contributed by atoms with Crippen LogP contribution in [0.2, 0.25) is 0 Å². The van der Waals surface area contributed by atoms with Gasteiger partial charge in [0, 0.05) is 10.6 Å². The lowest BCUT2D eigenvalue weighted by molar-refractivity contribution is -0.139. The van der Waals surface area contributed by atoms with Crippen molar-refractivity contribution in [2.45, 2.75) is 4.90 Å². The molecule has 7 heteroatoms. The normalized spacial score (nSPS) is 10.3. The van der Waals surface area contributed by atoms with Crippen molar-refractivity contribution in [2.75, 3.05) is 26.6 Å². The maximum Gasteiger partial charge on any atom is 0.341 e. The Hall–Kier alpha value is -2.90. The smallest absolute Gasteiger partial charge is 0.341 e. The highest BCUT2D eigenvalue weighted by Crippen LogP contribution is 2.33. The Kier molecular flexibility index (Phi) is 8.64. The van der Waals surface area contributed by atoms with E-state index in [-0.39, 0.29) is 6.61 Å². The monoisotopic (exact) mass is 514 g/mol. The fourth-order valence-corrected chi connectivity index (χ4v) is 4.49. The Morgan fingerprint density at radius 3 is 2.12 bits per heavy atom. The van der Waals surface area contributed by atoms with Crippen LogP contribution in [0.3, 0.4) is 0 Å². The molecule has 0 atom stereocenters. The van der Waals surface area contributed by atoms with Gasteiger partial charge in [0.2, 0.25) is 0 Å². The van der Waals surface area contributed by atoms with Crippen LogP contribution in [-0.2, 0) is 4.79 Å². The Morgan fingerprint density at radius 2 is 1.59 bits per heavy atom. The van der Waals surface area contributed by atoms with Gasteiger partial charge in [-0.1, -0.05) is 30.3 Å². The van der Waals surface area contributed by atoms with E-state index in [2.05, 4.69) is 34.1 Å².